The molecule has 0 aliphatic heterocycles. The van der Waals surface area contributed by atoms with E-state index >= 15 is 0 Å². The van der Waals surface area contributed by atoms with E-state index in [1.54, 1.807) is 0 Å². The Labute approximate surface area is 164 Å². The third-order valence-corrected chi connectivity index (χ3v) is 5.32. The maximum Gasteiger partial charge on any atom is 0.419 e. The van der Waals surface area contributed by atoms with Crippen LogP contribution in [0.2, 0.25) is 0 Å². The number of amides is 2. The van der Waals surface area contributed by atoms with E-state index in [1.165, 1.54) is 0 Å². The van der Waals surface area contributed by atoms with Crippen LogP contribution in [0.15, 0.2) is 30.3 Å². The number of benzene rings is 1. The molecule has 0 saturated heterocycles. The molecule has 5 heteroatoms. The highest BCUT2D eigenvalue weighted by Crippen LogP contribution is 2.26. The van der Waals surface area contributed by atoms with Gasteiger partial charge in [0.25, 0.3) is 0 Å². The first-order valence-corrected chi connectivity index (χ1v) is 10.2. The van der Waals surface area contributed by atoms with Crippen LogP contribution >= 0.6 is 0 Å². The lowest BCUT2D eigenvalue weighted by Gasteiger charge is -2.33. The summed E-state index contributed by atoms with van der Waals surface area (Å²) in [5.74, 6) is 0. The molecule has 0 spiro atoms. The van der Waals surface area contributed by atoms with Gasteiger partial charge in [-0.05, 0) is 44.1 Å². The Morgan fingerprint density at radius 2 is 1.48 bits per heavy atom. The van der Waals surface area contributed by atoms with Gasteiger partial charge in [-0.15, -0.1) is 0 Å². The molecule has 0 unspecified atom stereocenters. The Morgan fingerprint density at radius 3 is 1.96 bits per heavy atom. The van der Waals surface area contributed by atoms with Crippen molar-refractivity contribution in [1.29, 1.82) is 0 Å². The van der Waals surface area contributed by atoms with E-state index in [0.717, 1.165) is 10.5 Å². The van der Waals surface area contributed by atoms with Crippen molar-refractivity contribution in [2.75, 3.05) is 6.54 Å². The van der Waals surface area contributed by atoms with Gasteiger partial charge in [-0.1, -0.05) is 65.0 Å². The summed E-state index contributed by atoms with van der Waals surface area (Å²) >= 11 is 0. The molecule has 152 valence electrons. The van der Waals surface area contributed by atoms with Crippen molar-refractivity contribution in [3.63, 3.8) is 0 Å². The Bertz CT molecular complexity index is 557. The molecule has 2 amide bonds. The van der Waals surface area contributed by atoms with Crippen LogP contribution in [-0.2, 0) is 15.9 Å². The maximum absolute atomic E-state index is 12.9. The molecule has 0 aromatic heterocycles. The highest BCUT2D eigenvalue weighted by Gasteiger charge is 2.34. The minimum Gasteiger partial charge on any atom is -0.446 e. The topological polar surface area (TPSA) is 55.8 Å². The van der Waals surface area contributed by atoms with Crippen LogP contribution in [0.3, 0.4) is 0 Å². The van der Waals surface area contributed by atoms with Crippen LogP contribution < -0.4 is 0 Å². The van der Waals surface area contributed by atoms with Crippen molar-refractivity contribution in [2.45, 2.75) is 84.8 Å². The first-order valence-electron chi connectivity index (χ1n) is 10.2. The van der Waals surface area contributed by atoms with Crippen LogP contribution in [-0.4, -0.2) is 35.3 Å². The molecule has 1 aromatic rings. The predicted molar refractivity (Wildman–Crippen MR) is 108 cm³/mol. The minimum atomic E-state index is -0.623. The van der Waals surface area contributed by atoms with Gasteiger partial charge in [-0.25, -0.2) is 14.5 Å². The molecular formula is C22H35NO4. The summed E-state index contributed by atoms with van der Waals surface area (Å²) in [6, 6.07) is 9.77. The number of hydrogen-bond acceptors (Lipinski definition) is 4. The molecule has 0 heterocycles. The number of carbonyl (C=O) groups is 2. The largest absolute Gasteiger partial charge is 0.446 e. The Morgan fingerprint density at radius 1 is 0.926 bits per heavy atom. The zero-order valence-corrected chi connectivity index (χ0v) is 17.5. The SMILES string of the molecule is CCC(CC)OC(=O)N(CCc1ccccc1)C(=O)OC(CC)(CC)CC. The molecule has 0 N–H and O–H groups in total. The maximum atomic E-state index is 12.9. The van der Waals surface area contributed by atoms with E-state index in [-0.39, 0.29) is 12.6 Å². The monoisotopic (exact) mass is 377 g/mol. The van der Waals surface area contributed by atoms with E-state index in [1.807, 2.05) is 65.0 Å². The Balaban J connectivity index is 2.94. The van der Waals surface area contributed by atoms with Gasteiger partial charge in [0.05, 0.1) is 0 Å². The summed E-state index contributed by atoms with van der Waals surface area (Å²) < 4.78 is 11.3. The molecule has 27 heavy (non-hydrogen) atoms. The predicted octanol–water partition coefficient (Wildman–Crippen LogP) is 5.96. The van der Waals surface area contributed by atoms with Crippen LogP contribution in [0.4, 0.5) is 9.59 Å². The van der Waals surface area contributed by atoms with Crippen LogP contribution in [0, 0.1) is 0 Å². The van der Waals surface area contributed by atoms with E-state index < -0.39 is 17.8 Å². The standard InChI is InChI=1S/C22H35NO4/c1-6-19(7-2)26-20(24)23(17-16-18-14-12-11-13-15-18)21(25)27-22(8-3,9-4)10-5/h11-15,19H,6-10,16-17H2,1-5H3. The highest BCUT2D eigenvalue weighted by atomic mass is 16.6. The van der Waals surface area contributed by atoms with Crippen molar-refractivity contribution < 1.29 is 19.1 Å². The molecule has 0 bridgehead atoms. The molecule has 1 aromatic carbocycles. The Hall–Kier alpha value is -2.04. The van der Waals surface area contributed by atoms with E-state index in [4.69, 9.17) is 9.47 Å². The smallest absolute Gasteiger partial charge is 0.419 e. The first kappa shape index (κ1) is 23.0. The number of ether oxygens (including phenoxy) is 2. The second kappa shape index (κ2) is 11.6. The summed E-state index contributed by atoms with van der Waals surface area (Å²) in [5, 5.41) is 0. The van der Waals surface area contributed by atoms with Gasteiger partial charge < -0.3 is 9.47 Å². The van der Waals surface area contributed by atoms with E-state index in [9.17, 15) is 9.59 Å². The van der Waals surface area contributed by atoms with Gasteiger partial charge in [-0.2, -0.15) is 0 Å². The second-order valence-electron chi connectivity index (χ2n) is 6.82. The fourth-order valence-corrected chi connectivity index (χ4v) is 3.01. The lowest BCUT2D eigenvalue weighted by molar-refractivity contribution is -0.0207. The lowest BCUT2D eigenvalue weighted by Crippen LogP contribution is -2.45. The Kier molecular flexibility index (Phi) is 9.90. The van der Waals surface area contributed by atoms with Gasteiger partial charge in [0.1, 0.15) is 11.7 Å². The zero-order chi connectivity index (χ0) is 20.3. The number of nitrogens with zero attached hydrogens (tertiary/aromatic N) is 1. The van der Waals surface area contributed by atoms with E-state index in [2.05, 4.69) is 0 Å². The summed E-state index contributed by atoms with van der Waals surface area (Å²) in [6.07, 6.45) is 2.68. The summed E-state index contributed by atoms with van der Waals surface area (Å²) in [4.78, 5) is 26.7. The number of carbonyl (C=O) groups excluding carboxylic acids is 2. The molecular weight excluding hydrogens is 342 g/mol. The highest BCUT2D eigenvalue weighted by molar-refractivity contribution is 5.88. The normalized spacial score (nSPS) is 11.3. The molecule has 0 aliphatic carbocycles. The lowest BCUT2D eigenvalue weighted by atomic mass is 9.94. The van der Waals surface area contributed by atoms with Crippen molar-refractivity contribution >= 4 is 12.2 Å². The van der Waals surface area contributed by atoms with Crippen LogP contribution in [0.25, 0.3) is 0 Å². The van der Waals surface area contributed by atoms with Crippen molar-refractivity contribution in [3.05, 3.63) is 35.9 Å². The van der Waals surface area contributed by atoms with E-state index in [0.29, 0.717) is 38.5 Å². The van der Waals surface area contributed by atoms with Gasteiger partial charge in [0.15, 0.2) is 0 Å². The third-order valence-electron chi connectivity index (χ3n) is 5.32. The summed E-state index contributed by atoms with van der Waals surface area (Å²) in [7, 11) is 0. The third kappa shape index (κ3) is 6.89. The minimum absolute atomic E-state index is 0.196. The molecule has 1 rings (SSSR count). The number of rotatable bonds is 10. The first-order chi connectivity index (χ1) is 12.9. The fourth-order valence-electron chi connectivity index (χ4n) is 3.01. The van der Waals surface area contributed by atoms with Crippen molar-refractivity contribution in [3.8, 4) is 0 Å². The van der Waals surface area contributed by atoms with Crippen molar-refractivity contribution in [2.24, 2.45) is 0 Å². The summed E-state index contributed by atoms with van der Waals surface area (Å²) in [6.45, 7) is 10.1. The molecule has 0 radical (unpaired) electrons. The van der Waals surface area contributed by atoms with Gasteiger partial charge >= 0.3 is 12.2 Å². The van der Waals surface area contributed by atoms with Gasteiger partial charge in [-0.3, -0.25) is 0 Å². The average Bonchev–Trinajstić information content (AvgIpc) is 2.71. The van der Waals surface area contributed by atoms with Crippen LogP contribution in [0.5, 0.6) is 0 Å². The average molecular weight is 378 g/mol. The van der Waals surface area contributed by atoms with Gasteiger partial charge in [0.2, 0.25) is 0 Å². The van der Waals surface area contributed by atoms with Crippen LogP contribution in [0.1, 0.15) is 72.3 Å². The second-order valence-corrected chi connectivity index (χ2v) is 6.82. The zero-order valence-electron chi connectivity index (χ0n) is 17.5. The molecule has 0 atom stereocenters. The van der Waals surface area contributed by atoms with Gasteiger partial charge in [0, 0.05) is 6.54 Å². The summed E-state index contributed by atoms with van der Waals surface area (Å²) in [5.41, 5.74) is 0.510. The number of imide groups is 1. The molecule has 5 nitrogen and oxygen atoms in total. The number of hydrogen-bond donors (Lipinski definition) is 0. The molecule has 0 fully saturated rings. The fraction of sp³-hybridized carbons (Fsp3) is 0.636. The van der Waals surface area contributed by atoms with Crippen molar-refractivity contribution in [1.82, 2.24) is 4.90 Å². The molecule has 0 saturated carbocycles. The quantitative estimate of drug-likeness (QED) is 0.505. The molecule has 0 aliphatic rings.